The molecule has 2 rings (SSSR count). The standard InChI is InChI=1S/C15H16FN3O3/c1-9(19-22)14-15(21)13(8-20)10(7-18-14)6-17-12-4-2-11(16)3-5-12/h2-5,7,17,19-22H,1,6,8H2. The first-order valence-electron chi connectivity index (χ1n) is 6.46. The zero-order valence-corrected chi connectivity index (χ0v) is 11.7. The number of hydrogen-bond donors (Lipinski definition) is 5. The second-order valence-electron chi connectivity index (χ2n) is 4.57. The number of rotatable bonds is 6. The van der Waals surface area contributed by atoms with Gasteiger partial charge in [0.1, 0.15) is 17.3 Å². The molecule has 0 bridgehead atoms. The molecule has 0 spiro atoms. The molecule has 0 aliphatic rings. The van der Waals surface area contributed by atoms with Gasteiger partial charge in [-0.3, -0.25) is 15.7 Å². The Morgan fingerprint density at radius 2 is 1.95 bits per heavy atom. The number of anilines is 1. The summed E-state index contributed by atoms with van der Waals surface area (Å²) in [5.74, 6) is -0.590. The molecule has 7 heteroatoms. The summed E-state index contributed by atoms with van der Waals surface area (Å²) in [5.41, 5.74) is 3.41. The molecule has 1 aromatic carbocycles. The first-order chi connectivity index (χ1) is 10.6. The fourth-order valence-electron chi connectivity index (χ4n) is 1.94. The maximum atomic E-state index is 12.8. The molecule has 22 heavy (non-hydrogen) atoms. The van der Waals surface area contributed by atoms with Gasteiger partial charge in [-0.05, 0) is 29.8 Å². The predicted molar refractivity (Wildman–Crippen MR) is 79.5 cm³/mol. The molecule has 6 nitrogen and oxygen atoms in total. The molecule has 0 aliphatic heterocycles. The van der Waals surface area contributed by atoms with Gasteiger partial charge in [0, 0.05) is 24.0 Å². The first kappa shape index (κ1) is 15.7. The Bertz CT molecular complexity index is 674. The van der Waals surface area contributed by atoms with Crippen LogP contribution in [0.3, 0.4) is 0 Å². The van der Waals surface area contributed by atoms with Gasteiger partial charge in [0.15, 0.2) is 0 Å². The van der Waals surface area contributed by atoms with Crippen molar-refractivity contribution in [2.75, 3.05) is 5.32 Å². The highest BCUT2D eigenvalue weighted by Crippen LogP contribution is 2.28. The van der Waals surface area contributed by atoms with E-state index in [-0.39, 0.29) is 35.1 Å². The number of hydroxylamine groups is 1. The quantitative estimate of drug-likeness (QED) is 0.524. The number of aliphatic hydroxyl groups is 1. The van der Waals surface area contributed by atoms with Gasteiger partial charge in [0.2, 0.25) is 0 Å². The summed E-state index contributed by atoms with van der Waals surface area (Å²) in [5, 5.41) is 31.4. The Kier molecular flexibility index (Phi) is 4.92. The Balaban J connectivity index is 2.22. The van der Waals surface area contributed by atoms with E-state index in [9.17, 15) is 14.6 Å². The minimum atomic E-state index is -0.402. The smallest absolute Gasteiger partial charge is 0.149 e. The van der Waals surface area contributed by atoms with E-state index in [0.29, 0.717) is 11.3 Å². The minimum absolute atomic E-state index is 0.0187. The fraction of sp³-hybridized carbons (Fsp3) is 0.133. The van der Waals surface area contributed by atoms with E-state index in [1.54, 1.807) is 17.6 Å². The molecule has 0 saturated carbocycles. The Morgan fingerprint density at radius 3 is 2.55 bits per heavy atom. The molecule has 5 N–H and O–H groups in total. The number of pyridine rings is 1. The van der Waals surface area contributed by atoms with Crippen molar-refractivity contribution in [3.05, 3.63) is 59.7 Å². The van der Waals surface area contributed by atoms with Crippen molar-refractivity contribution in [1.29, 1.82) is 0 Å². The summed E-state index contributed by atoms with van der Waals surface area (Å²) in [6.45, 7) is 3.37. The van der Waals surface area contributed by atoms with Gasteiger partial charge in [-0.25, -0.2) is 4.39 Å². The van der Waals surface area contributed by atoms with E-state index < -0.39 is 6.61 Å². The van der Waals surface area contributed by atoms with Gasteiger partial charge < -0.3 is 15.5 Å². The maximum absolute atomic E-state index is 12.8. The van der Waals surface area contributed by atoms with Gasteiger partial charge in [0.25, 0.3) is 0 Å². The number of aromatic nitrogens is 1. The third-order valence-corrected chi connectivity index (χ3v) is 3.15. The summed E-state index contributed by atoms with van der Waals surface area (Å²) in [6, 6.07) is 5.80. The SMILES string of the molecule is C=C(NO)c1ncc(CNc2ccc(F)cc2)c(CO)c1O. The fourth-order valence-corrected chi connectivity index (χ4v) is 1.94. The summed E-state index contributed by atoms with van der Waals surface area (Å²) >= 11 is 0. The molecule has 0 atom stereocenters. The zero-order valence-electron chi connectivity index (χ0n) is 11.7. The van der Waals surface area contributed by atoms with Crippen LogP contribution in [-0.4, -0.2) is 20.4 Å². The van der Waals surface area contributed by atoms with Crippen LogP contribution in [-0.2, 0) is 13.2 Å². The van der Waals surface area contributed by atoms with E-state index in [4.69, 9.17) is 5.21 Å². The number of aliphatic hydroxyl groups excluding tert-OH is 1. The number of nitrogens with zero attached hydrogens (tertiary/aromatic N) is 1. The van der Waals surface area contributed by atoms with Crippen molar-refractivity contribution in [1.82, 2.24) is 10.5 Å². The summed E-state index contributed by atoms with van der Waals surface area (Å²) < 4.78 is 12.8. The summed E-state index contributed by atoms with van der Waals surface area (Å²) in [4.78, 5) is 4.00. The van der Waals surface area contributed by atoms with Crippen molar-refractivity contribution in [3.63, 3.8) is 0 Å². The van der Waals surface area contributed by atoms with Crippen LogP contribution in [0.4, 0.5) is 10.1 Å². The topological polar surface area (TPSA) is 97.6 Å². The predicted octanol–water partition coefficient (Wildman–Crippen LogP) is 1.98. The van der Waals surface area contributed by atoms with Crippen molar-refractivity contribution in [2.24, 2.45) is 0 Å². The molecule has 0 saturated heterocycles. The largest absolute Gasteiger partial charge is 0.505 e. The van der Waals surface area contributed by atoms with Crippen LogP contribution >= 0.6 is 0 Å². The molecule has 1 heterocycles. The first-order valence-corrected chi connectivity index (χ1v) is 6.46. The van der Waals surface area contributed by atoms with Crippen LogP contribution in [0.5, 0.6) is 5.75 Å². The number of benzene rings is 1. The molecule has 116 valence electrons. The van der Waals surface area contributed by atoms with Gasteiger partial charge in [0.05, 0.1) is 12.3 Å². The molecule has 0 fully saturated rings. The van der Waals surface area contributed by atoms with Crippen LogP contribution in [0.1, 0.15) is 16.8 Å². The van der Waals surface area contributed by atoms with Crippen molar-refractivity contribution < 1.29 is 19.8 Å². The highest BCUT2D eigenvalue weighted by Gasteiger charge is 2.15. The lowest BCUT2D eigenvalue weighted by atomic mass is 10.1. The van der Waals surface area contributed by atoms with Crippen LogP contribution in [0, 0.1) is 5.82 Å². The maximum Gasteiger partial charge on any atom is 0.149 e. The lowest BCUT2D eigenvalue weighted by molar-refractivity contribution is 0.224. The molecule has 0 unspecified atom stereocenters. The normalized spacial score (nSPS) is 10.3. The van der Waals surface area contributed by atoms with Crippen molar-refractivity contribution in [2.45, 2.75) is 13.2 Å². The second kappa shape index (κ2) is 6.88. The van der Waals surface area contributed by atoms with Gasteiger partial charge in [-0.1, -0.05) is 6.58 Å². The monoisotopic (exact) mass is 305 g/mol. The molecule has 0 radical (unpaired) electrons. The Morgan fingerprint density at radius 1 is 1.27 bits per heavy atom. The average molecular weight is 305 g/mol. The van der Waals surface area contributed by atoms with E-state index >= 15 is 0 Å². The number of hydrogen-bond acceptors (Lipinski definition) is 6. The van der Waals surface area contributed by atoms with E-state index in [1.807, 2.05) is 0 Å². The van der Waals surface area contributed by atoms with Gasteiger partial charge in [-0.2, -0.15) is 0 Å². The van der Waals surface area contributed by atoms with Crippen LogP contribution < -0.4 is 10.8 Å². The molecule has 0 amide bonds. The second-order valence-corrected chi connectivity index (χ2v) is 4.57. The molecule has 1 aromatic heterocycles. The molecular weight excluding hydrogens is 289 g/mol. The lowest BCUT2D eigenvalue weighted by Gasteiger charge is -2.14. The van der Waals surface area contributed by atoms with Gasteiger partial charge >= 0.3 is 0 Å². The van der Waals surface area contributed by atoms with E-state index in [2.05, 4.69) is 16.9 Å². The van der Waals surface area contributed by atoms with Crippen LogP contribution in [0.2, 0.25) is 0 Å². The Hall–Kier alpha value is -2.64. The highest BCUT2D eigenvalue weighted by atomic mass is 19.1. The van der Waals surface area contributed by atoms with Gasteiger partial charge in [-0.15, -0.1) is 0 Å². The minimum Gasteiger partial charge on any atom is -0.505 e. The number of halogens is 1. The molecule has 2 aromatic rings. The summed E-state index contributed by atoms with van der Waals surface area (Å²) in [6.07, 6.45) is 1.46. The third kappa shape index (κ3) is 3.33. The van der Waals surface area contributed by atoms with Crippen molar-refractivity contribution in [3.8, 4) is 5.75 Å². The zero-order chi connectivity index (χ0) is 16.1. The van der Waals surface area contributed by atoms with Crippen LogP contribution in [0.15, 0.2) is 37.0 Å². The van der Waals surface area contributed by atoms with E-state index in [1.165, 1.54) is 18.3 Å². The van der Waals surface area contributed by atoms with Crippen molar-refractivity contribution >= 4 is 11.4 Å². The highest BCUT2D eigenvalue weighted by molar-refractivity contribution is 5.65. The molecule has 0 aliphatic carbocycles. The molecular formula is C15H16FN3O3. The lowest BCUT2D eigenvalue weighted by Crippen LogP contribution is -2.10. The average Bonchev–Trinajstić information content (AvgIpc) is 2.53. The Labute approximate surface area is 126 Å². The number of aromatic hydroxyl groups is 1. The van der Waals surface area contributed by atoms with Crippen LogP contribution in [0.25, 0.3) is 5.70 Å². The summed E-state index contributed by atoms with van der Waals surface area (Å²) in [7, 11) is 0. The van der Waals surface area contributed by atoms with E-state index in [0.717, 1.165) is 0 Å². The third-order valence-electron chi connectivity index (χ3n) is 3.15. The number of nitrogens with one attached hydrogen (secondary N) is 2.